The molecule has 1 fully saturated rings. The highest BCUT2D eigenvalue weighted by molar-refractivity contribution is 8.11. The Balaban J connectivity index is 2.49. The Kier molecular flexibility index (Phi) is 4.67. The van der Waals surface area contributed by atoms with Crippen LogP contribution in [0.3, 0.4) is 0 Å². The van der Waals surface area contributed by atoms with Crippen LogP contribution in [0.5, 0.6) is 0 Å². The predicted octanol–water partition coefficient (Wildman–Crippen LogP) is 2.37. The number of nitrogens with zero attached hydrogens (tertiary/aromatic N) is 1. The van der Waals surface area contributed by atoms with E-state index in [0.717, 1.165) is 19.3 Å². The van der Waals surface area contributed by atoms with Crippen molar-refractivity contribution in [1.82, 2.24) is 4.31 Å². The molecule has 0 aromatic rings. The second-order valence-electron chi connectivity index (χ2n) is 3.93. The van der Waals surface area contributed by atoms with E-state index >= 15 is 0 Å². The molecule has 5 heteroatoms. The SMILES string of the molecule is CCCC1CCCN(S(=O)(=O)Cl)CC1. The van der Waals surface area contributed by atoms with Gasteiger partial charge < -0.3 is 0 Å². The first-order valence-corrected chi connectivity index (χ1v) is 7.50. The molecule has 0 N–H and O–H groups in total. The highest BCUT2D eigenvalue weighted by Gasteiger charge is 2.23. The Labute approximate surface area is 91.0 Å². The van der Waals surface area contributed by atoms with Gasteiger partial charge in [0.2, 0.25) is 0 Å². The van der Waals surface area contributed by atoms with E-state index in [2.05, 4.69) is 6.92 Å². The highest BCUT2D eigenvalue weighted by atomic mass is 35.7. The van der Waals surface area contributed by atoms with Crippen molar-refractivity contribution in [2.45, 2.75) is 39.0 Å². The lowest BCUT2D eigenvalue weighted by molar-refractivity contribution is 0.405. The van der Waals surface area contributed by atoms with Crippen LogP contribution >= 0.6 is 10.7 Å². The third-order valence-corrected chi connectivity index (χ3v) is 4.38. The summed E-state index contributed by atoms with van der Waals surface area (Å²) in [6.07, 6.45) is 5.42. The van der Waals surface area contributed by atoms with Crippen LogP contribution in [-0.2, 0) is 9.24 Å². The van der Waals surface area contributed by atoms with Gasteiger partial charge in [0, 0.05) is 23.8 Å². The highest BCUT2D eigenvalue weighted by Crippen LogP contribution is 2.23. The lowest BCUT2D eigenvalue weighted by Gasteiger charge is -2.15. The molecule has 0 aliphatic carbocycles. The van der Waals surface area contributed by atoms with E-state index in [0.29, 0.717) is 19.0 Å². The fraction of sp³-hybridized carbons (Fsp3) is 1.00. The topological polar surface area (TPSA) is 37.4 Å². The fourth-order valence-corrected chi connectivity index (χ4v) is 3.14. The van der Waals surface area contributed by atoms with Crippen LogP contribution in [-0.4, -0.2) is 25.8 Å². The van der Waals surface area contributed by atoms with Crippen molar-refractivity contribution in [3.63, 3.8) is 0 Å². The Morgan fingerprint density at radius 1 is 1.36 bits per heavy atom. The molecule has 0 bridgehead atoms. The lowest BCUT2D eigenvalue weighted by Crippen LogP contribution is -2.28. The van der Waals surface area contributed by atoms with Gasteiger partial charge in [-0.25, -0.2) is 0 Å². The normalized spacial score (nSPS) is 26.0. The maximum absolute atomic E-state index is 11.1. The molecule has 0 aromatic heterocycles. The van der Waals surface area contributed by atoms with Gasteiger partial charge in [-0.1, -0.05) is 19.8 Å². The largest absolute Gasteiger partial charge is 0.299 e. The Morgan fingerprint density at radius 3 is 2.64 bits per heavy atom. The van der Waals surface area contributed by atoms with E-state index in [1.54, 1.807) is 0 Å². The second kappa shape index (κ2) is 5.33. The third kappa shape index (κ3) is 3.75. The van der Waals surface area contributed by atoms with Crippen LogP contribution < -0.4 is 0 Å². The zero-order valence-electron chi connectivity index (χ0n) is 8.58. The molecule has 1 heterocycles. The van der Waals surface area contributed by atoms with E-state index < -0.39 is 9.24 Å². The first kappa shape index (κ1) is 12.3. The van der Waals surface area contributed by atoms with E-state index in [1.807, 2.05) is 0 Å². The van der Waals surface area contributed by atoms with Gasteiger partial charge in [-0.2, -0.15) is 12.7 Å². The zero-order chi connectivity index (χ0) is 10.6. The van der Waals surface area contributed by atoms with E-state index in [9.17, 15) is 8.42 Å². The monoisotopic (exact) mass is 239 g/mol. The van der Waals surface area contributed by atoms with Crippen LogP contribution in [0.4, 0.5) is 0 Å². The average molecular weight is 240 g/mol. The van der Waals surface area contributed by atoms with Gasteiger partial charge in [0.1, 0.15) is 0 Å². The summed E-state index contributed by atoms with van der Waals surface area (Å²) in [5.74, 6) is 0.684. The number of hydrogen-bond donors (Lipinski definition) is 0. The minimum atomic E-state index is -3.48. The molecular weight excluding hydrogens is 222 g/mol. The standard InChI is InChI=1S/C9H18ClNO2S/c1-2-4-9-5-3-7-11(8-6-9)14(10,12)13/h9H,2-8H2,1H3. The fourth-order valence-electron chi connectivity index (χ4n) is 2.05. The first-order chi connectivity index (χ1) is 6.54. The van der Waals surface area contributed by atoms with Gasteiger partial charge in [0.25, 0.3) is 9.24 Å². The Bertz CT molecular complexity index is 266. The number of rotatable bonds is 3. The summed E-state index contributed by atoms with van der Waals surface area (Å²) in [6.45, 7) is 3.35. The predicted molar refractivity (Wildman–Crippen MR) is 58.6 cm³/mol. The van der Waals surface area contributed by atoms with Crippen LogP contribution in [0.2, 0.25) is 0 Å². The minimum absolute atomic E-state index is 0.589. The first-order valence-electron chi connectivity index (χ1n) is 5.23. The van der Waals surface area contributed by atoms with Gasteiger partial charge in [0.05, 0.1) is 0 Å². The van der Waals surface area contributed by atoms with Crippen molar-refractivity contribution in [1.29, 1.82) is 0 Å². The molecule has 0 radical (unpaired) electrons. The molecular formula is C9H18ClNO2S. The molecule has 1 atom stereocenters. The summed E-state index contributed by atoms with van der Waals surface area (Å²) in [4.78, 5) is 0. The molecule has 1 aliphatic heterocycles. The maximum Gasteiger partial charge on any atom is 0.299 e. The molecule has 0 amide bonds. The quantitative estimate of drug-likeness (QED) is 0.710. The zero-order valence-corrected chi connectivity index (χ0v) is 10.1. The van der Waals surface area contributed by atoms with Crippen molar-refractivity contribution < 1.29 is 8.42 Å². The molecule has 0 aromatic carbocycles. The van der Waals surface area contributed by atoms with Gasteiger partial charge in [-0.3, -0.25) is 0 Å². The number of hydrogen-bond acceptors (Lipinski definition) is 2. The van der Waals surface area contributed by atoms with Gasteiger partial charge in [0.15, 0.2) is 0 Å². The van der Waals surface area contributed by atoms with Crippen molar-refractivity contribution >= 4 is 19.9 Å². The lowest BCUT2D eigenvalue weighted by atomic mass is 9.96. The number of halogens is 1. The molecule has 1 unspecified atom stereocenters. The van der Waals surface area contributed by atoms with Gasteiger partial charge in [-0.05, 0) is 25.2 Å². The Hall–Kier alpha value is 0.200. The summed E-state index contributed by atoms with van der Waals surface area (Å²) < 4.78 is 23.6. The Morgan fingerprint density at radius 2 is 2.07 bits per heavy atom. The molecule has 1 saturated heterocycles. The van der Waals surface area contributed by atoms with Crippen LogP contribution in [0.1, 0.15) is 39.0 Å². The summed E-state index contributed by atoms with van der Waals surface area (Å²) in [5, 5.41) is 0. The van der Waals surface area contributed by atoms with Crippen molar-refractivity contribution in [2.24, 2.45) is 5.92 Å². The summed E-state index contributed by atoms with van der Waals surface area (Å²) in [7, 11) is 1.83. The summed E-state index contributed by atoms with van der Waals surface area (Å²) in [5.41, 5.74) is 0. The van der Waals surface area contributed by atoms with Crippen LogP contribution in [0.25, 0.3) is 0 Å². The van der Waals surface area contributed by atoms with E-state index in [1.165, 1.54) is 17.1 Å². The smallest absolute Gasteiger partial charge is 0.195 e. The molecule has 1 rings (SSSR count). The third-order valence-electron chi connectivity index (χ3n) is 2.81. The van der Waals surface area contributed by atoms with E-state index in [-0.39, 0.29) is 0 Å². The van der Waals surface area contributed by atoms with Crippen LogP contribution in [0, 0.1) is 5.92 Å². The van der Waals surface area contributed by atoms with Gasteiger partial charge in [-0.15, -0.1) is 0 Å². The second-order valence-corrected chi connectivity index (χ2v) is 6.44. The van der Waals surface area contributed by atoms with Crippen molar-refractivity contribution in [2.75, 3.05) is 13.1 Å². The molecule has 1 aliphatic rings. The van der Waals surface area contributed by atoms with Crippen LogP contribution in [0.15, 0.2) is 0 Å². The average Bonchev–Trinajstić information content (AvgIpc) is 2.29. The molecule has 3 nitrogen and oxygen atoms in total. The molecule has 14 heavy (non-hydrogen) atoms. The summed E-state index contributed by atoms with van der Waals surface area (Å²) >= 11 is 0. The van der Waals surface area contributed by atoms with Crippen molar-refractivity contribution in [3.8, 4) is 0 Å². The van der Waals surface area contributed by atoms with Crippen molar-refractivity contribution in [3.05, 3.63) is 0 Å². The minimum Gasteiger partial charge on any atom is -0.195 e. The molecule has 0 saturated carbocycles. The van der Waals surface area contributed by atoms with Gasteiger partial charge >= 0.3 is 0 Å². The summed E-state index contributed by atoms with van der Waals surface area (Å²) in [6, 6.07) is 0. The maximum atomic E-state index is 11.1. The van der Waals surface area contributed by atoms with E-state index in [4.69, 9.17) is 10.7 Å². The molecule has 84 valence electrons. The molecule has 0 spiro atoms.